The van der Waals surface area contributed by atoms with Gasteiger partial charge in [-0.2, -0.15) is 0 Å². The van der Waals surface area contributed by atoms with Crippen LogP contribution < -0.4 is 9.64 Å². The van der Waals surface area contributed by atoms with Gasteiger partial charge in [-0.15, -0.1) is 10.2 Å². The molecule has 9 nitrogen and oxygen atoms in total. The van der Waals surface area contributed by atoms with E-state index in [0.717, 1.165) is 49.0 Å². The number of methoxy groups -OCH3 is 1. The zero-order chi connectivity index (χ0) is 23.2. The number of aliphatic hydroxyl groups excluding tert-OH is 1. The number of esters is 1. The monoisotopic (exact) mass is 452 g/mol. The van der Waals surface area contributed by atoms with Crippen LogP contribution in [0.4, 0.5) is 5.82 Å². The van der Waals surface area contributed by atoms with E-state index in [1.165, 1.54) is 7.11 Å². The summed E-state index contributed by atoms with van der Waals surface area (Å²) in [5.74, 6) is 0.794. The van der Waals surface area contributed by atoms with Gasteiger partial charge in [0.15, 0.2) is 5.82 Å². The number of cyclic esters (lactones) is 1. The van der Waals surface area contributed by atoms with Crippen LogP contribution in [0.25, 0.3) is 0 Å². The third-order valence-electron chi connectivity index (χ3n) is 7.44. The summed E-state index contributed by atoms with van der Waals surface area (Å²) in [5.41, 5.74) is 2.83. The molecule has 2 fully saturated rings. The highest BCUT2D eigenvalue weighted by Gasteiger charge is 2.49. The molecule has 0 bridgehead atoms. The number of rotatable bonds is 5. The molecular formula is C24H28N4O5. The fraction of sp³-hybridized carbons (Fsp3) is 0.500. The average molecular weight is 453 g/mol. The van der Waals surface area contributed by atoms with Crippen molar-refractivity contribution in [3.05, 3.63) is 46.5 Å². The summed E-state index contributed by atoms with van der Waals surface area (Å²) in [4.78, 5) is 29.0. The highest BCUT2D eigenvalue weighted by Crippen LogP contribution is 2.43. The highest BCUT2D eigenvalue weighted by atomic mass is 16.5. The highest BCUT2D eigenvalue weighted by molar-refractivity contribution is 5.99. The number of ether oxygens (including phenoxy) is 2. The molecule has 174 valence electrons. The van der Waals surface area contributed by atoms with Gasteiger partial charge in [0.05, 0.1) is 24.2 Å². The van der Waals surface area contributed by atoms with Crippen LogP contribution in [0.1, 0.15) is 52.4 Å². The van der Waals surface area contributed by atoms with E-state index in [1.54, 1.807) is 23.1 Å². The molecule has 4 heterocycles. The van der Waals surface area contributed by atoms with Gasteiger partial charge < -0.3 is 19.5 Å². The third kappa shape index (κ3) is 3.75. The van der Waals surface area contributed by atoms with Crippen molar-refractivity contribution < 1.29 is 24.2 Å². The smallest absolute Gasteiger partial charge is 0.338 e. The first-order valence-electron chi connectivity index (χ1n) is 11.3. The third-order valence-corrected chi connectivity index (χ3v) is 7.44. The molecule has 9 heteroatoms. The van der Waals surface area contributed by atoms with Crippen molar-refractivity contribution in [2.24, 2.45) is 5.41 Å². The van der Waals surface area contributed by atoms with Gasteiger partial charge in [-0.25, -0.2) is 4.79 Å². The Morgan fingerprint density at radius 1 is 1.12 bits per heavy atom. The van der Waals surface area contributed by atoms with Crippen molar-refractivity contribution >= 4 is 17.7 Å². The molecule has 0 unspecified atom stereocenters. The van der Waals surface area contributed by atoms with Gasteiger partial charge in [-0.1, -0.05) is 6.07 Å². The average Bonchev–Trinajstić information content (AvgIpc) is 3.36. The molecule has 2 saturated heterocycles. The van der Waals surface area contributed by atoms with E-state index in [4.69, 9.17) is 9.47 Å². The van der Waals surface area contributed by atoms with Crippen molar-refractivity contribution in [3.63, 3.8) is 0 Å². The topological polar surface area (TPSA) is 105 Å². The molecule has 1 amide bonds. The second-order valence-corrected chi connectivity index (χ2v) is 9.12. The fourth-order valence-corrected chi connectivity index (χ4v) is 5.30. The molecule has 0 aliphatic carbocycles. The molecular weight excluding hydrogens is 424 g/mol. The molecule has 2 aromatic rings. The summed E-state index contributed by atoms with van der Waals surface area (Å²) in [6.07, 6.45) is 1.65. The first kappa shape index (κ1) is 21.8. The van der Waals surface area contributed by atoms with Crippen molar-refractivity contribution in [1.29, 1.82) is 0 Å². The van der Waals surface area contributed by atoms with Gasteiger partial charge in [0.2, 0.25) is 11.8 Å². The van der Waals surface area contributed by atoms with Crippen LogP contribution in [0, 0.1) is 12.3 Å². The van der Waals surface area contributed by atoms with E-state index >= 15 is 0 Å². The molecule has 3 aliphatic heterocycles. The molecule has 0 saturated carbocycles. The number of hydrogen-bond acceptors (Lipinski definition) is 8. The number of nitrogens with zero attached hydrogens (tertiary/aromatic N) is 4. The Bertz CT molecular complexity index is 1080. The van der Waals surface area contributed by atoms with E-state index in [-0.39, 0.29) is 23.9 Å². The van der Waals surface area contributed by atoms with Crippen molar-refractivity contribution in [1.82, 2.24) is 15.1 Å². The first-order chi connectivity index (χ1) is 15.9. The van der Waals surface area contributed by atoms with E-state index in [9.17, 15) is 14.7 Å². The Kier molecular flexibility index (Phi) is 5.54. The van der Waals surface area contributed by atoms with Gasteiger partial charge in [0.25, 0.3) is 0 Å². The lowest BCUT2D eigenvalue weighted by molar-refractivity contribution is -0.128. The summed E-state index contributed by atoms with van der Waals surface area (Å²) < 4.78 is 10.2. The molecule has 5 rings (SSSR count). The number of fused-ring (bicyclic) bond motifs is 1. The lowest BCUT2D eigenvalue weighted by Gasteiger charge is -2.38. The number of carbonyl (C=O) groups excluding carboxylic acids is 2. The fourth-order valence-electron chi connectivity index (χ4n) is 5.30. The number of β-amino-alcohol motifs (C(OH)–C–C–N with tert-alkyl or cyclic N) is 1. The van der Waals surface area contributed by atoms with E-state index < -0.39 is 6.10 Å². The van der Waals surface area contributed by atoms with Crippen LogP contribution in [0.15, 0.2) is 24.3 Å². The second kappa shape index (κ2) is 8.39. The minimum atomic E-state index is -0.662. The van der Waals surface area contributed by atoms with E-state index in [1.807, 2.05) is 13.0 Å². The maximum atomic E-state index is 13.3. The maximum absolute atomic E-state index is 13.3. The minimum Gasteiger partial charge on any atom is -0.480 e. The largest absolute Gasteiger partial charge is 0.480 e. The molecule has 3 aliphatic rings. The van der Waals surface area contributed by atoms with Gasteiger partial charge in [0, 0.05) is 24.7 Å². The number of carbonyl (C=O) groups is 2. The number of amides is 1. The van der Waals surface area contributed by atoms with Crippen LogP contribution in [0.5, 0.6) is 5.88 Å². The molecule has 1 spiro atoms. The normalized spacial score (nSPS) is 20.8. The second-order valence-electron chi connectivity index (χ2n) is 9.12. The van der Waals surface area contributed by atoms with Gasteiger partial charge in [-0.3, -0.25) is 9.69 Å². The number of anilines is 1. The summed E-state index contributed by atoms with van der Waals surface area (Å²) in [5, 5.41) is 19.1. The van der Waals surface area contributed by atoms with Crippen molar-refractivity contribution in [2.75, 3.05) is 38.2 Å². The maximum Gasteiger partial charge on any atom is 0.338 e. The summed E-state index contributed by atoms with van der Waals surface area (Å²) in [6, 6.07) is 7.06. The Hall–Kier alpha value is -3.04. The number of likely N-dealkylation sites (tertiary alicyclic amines) is 1. The quantitative estimate of drug-likeness (QED) is 0.687. The molecule has 1 N–H and O–H groups in total. The Morgan fingerprint density at radius 3 is 2.58 bits per heavy atom. The predicted molar refractivity (Wildman–Crippen MR) is 119 cm³/mol. The zero-order valence-electron chi connectivity index (χ0n) is 18.9. The van der Waals surface area contributed by atoms with Crippen LogP contribution >= 0.6 is 0 Å². The summed E-state index contributed by atoms with van der Waals surface area (Å²) in [7, 11) is 1.53. The Balaban J connectivity index is 1.21. The predicted octanol–water partition coefficient (Wildman–Crippen LogP) is 2.02. The van der Waals surface area contributed by atoms with Crippen molar-refractivity contribution in [2.45, 2.75) is 38.9 Å². The zero-order valence-corrected chi connectivity index (χ0v) is 18.9. The lowest BCUT2D eigenvalue weighted by atomic mass is 9.77. The minimum absolute atomic E-state index is 0.112. The standard InChI is InChI=1S/C24H28N4O5/c1-15-16(3-4-17-18(15)14-33-22(17)30)19(29)13-27-10-7-24(8-11-27)9-12-28(23(24)31)20-5-6-21(32-2)26-25-20/h3-6,19,29H,7-14H2,1-2H3/t19-/m0/s1. The van der Waals surface area contributed by atoms with Crippen LogP contribution in [-0.4, -0.2) is 65.4 Å². The number of benzene rings is 1. The molecule has 1 atom stereocenters. The van der Waals surface area contributed by atoms with Gasteiger partial charge >= 0.3 is 5.97 Å². The van der Waals surface area contributed by atoms with Crippen molar-refractivity contribution in [3.8, 4) is 5.88 Å². The summed E-state index contributed by atoms with van der Waals surface area (Å²) in [6.45, 7) is 4.82. The Morgan fingerprint density at radius 2 is 1.88 bits per heavy atom. The molecule has 0 radical (unpaired) electrons. The van der Waals surface area contributed by atoms with E-state index in [0.29, 0.717) is 30.4 Å². The Labute approximate surface area is 192 Å². The van der Waals surface area contributed by atoms with Crippen LogP contribution in [0.2, 0.25) is 0 Å². The molecule has 1 aromatic heterocycles. The summed E-state index contributed by atoms with van der Waals surface area (Å²) >= 11 is 0. The number of aliphatic hydroxyl groups is 1. The molecule has 33 heavy (non-hydrogen) atoms. The first-order valence-corrected chi connectivity index (χ1v) is 11.3. The number of aromatic nitrogens is 2. The number of piperidine rings is 1. The lowest BCUT2D eigenvalue weighted by Crippen LogP contribution is -2.45. The van der Waals surface area contributed by atoms with Crippen LogP contribution in [-0.2, 0) is 16.1 Å². The van der Waals surface area contributed by atoms with Gasteiger partial charge in [-0.05, 0) is 62.5 Å². The number of hydrogen-bond donors (Lipinski definition) is 1. The SMILES string of the molecule is COc1ccc(N2CCC3(CCN(C[C@H](O)c4ccc5c(c4C)COC5=O)CC3)C2=O)nn1. The molecule has 1 aromatic carbocycles. The van der Waals surface area contributed by atoms with E-state index in [2.05, 4.69) is 15.1 Å². The van der Waals surface area contributed by atoms with Crippen LogP contribution in [0.3, 0.4) is 0 Å². The van der Waals surface area contributed by atoms with Gasteiger partial charge in [0.1, 0.15) is 6.61 Å².